The van der Waals surface area contributed by atoms with Gasteiger partial charge in [-0.25, -0.2) is 8.42 Å². The van der Waals surface area contributed by atoms with Crippen LogP contribution in [-0.2, 0) is 16.0 Å². The van der Waals surface area contributed by atoms with Crippen LogP contribution in [0.1, 0.15) is 15.9 Å². The standard InChI is InChI=1S/C9H8F3NO3S/c1-17(15,16)7-4-5(9(10,11)12)2-3-6(7)8(13)14/h2-4H,1H3,(H2,13,14). The Bertz CT molecular complexity index is 563. The van der Waals surface area contributed by atoms with Gasteiger partial charge in [-0.2, -0.15) is 13.2 Å². The fourth-order valence-electron chi connectivity index (χ4n) is 1.21. The van der Waals surface area contributed by atoms with Crippen LogP contribution in [0.15, 0.2) is 23.1 Å². The van der Waals surface area contributed by atoms with Crippen molar-refractivity contribution in [1.29, 1.82) is 0 Å². The summed E-state index contributed by atoms with van der Waals surface area (Å²) in [5.41, 5.74) is 3.28. The van der Waals surface area contributed by atoms with E-state index >= 15 is 0 Å². The molecule has 1 aromatic rings. The number of amides is 1. The zero-order valence-corrected chi connectivity index (χ0v) is 9.39. The lowest BCUT2D eigenvalue weighted by molar-refractivity contribution is -0.137. The van der Waals surface area contributed by atoms with E-state index in [1.165, 1.54) is 0 Å². The molecule has 1 rings (SSSR count). The van der Waals surface area contributed by atoms with Gasteiger partial charge in [-0.3, -0.25) is 4.79 Å². The number of primary amides is 1. The van der Waals surface area contributed by atoms with Gasteiger partial charge in [0, 0.05) is 6.26 Å². The zero-order valence-electron chi connectivity index (χ0n) is 8.58. The van der Waals surface area contributed by atoms with Gasteiger partial charge >= 0.3 is 6.18 Å². The molecular formula is C9H8F3NO3S. The Kier molecular flexibility index (Phi) is 3.19. The van der Waals surface area contributed by atoms with Gasteiger partial charge in [0.15, 0.2) is 9.84 Å². The third-order valence-corrected chi connectivity index (χ3v) is 3.11. The Morgan fingerprint density at radius 3 is 2.18 bits per heavy atom. The molecule has 0 heterocycles. The first-order valence-electron chi connectivity index (χ1n) is 4.24. The van der Waals surface area contributed by atoms with Gasteiger partial charge < -0.3 is 5.73 Å². The number of hydrogen-bond donors (Lipinski definition) is 1. The molecular weight excluding hydrogens is 259 g/mol. The lowest BCUT2D eigenvalue weighted by atomic mass is 10.1. The van der Waals surface area contributed by atoms with E-state index in [-0.39, 0.29) is 0 Å². The van der Waals surface area contributed by atoms with E-state index in [1.807, 2.05) is 0 Å². The molecule has 8 heteroatoms. The Balaban J connectivity index is 3.57. The number of benzene rings is 1. The SMILES string of the molecule is CS(=O)(=O)c1cc(C(F)(F)F)ccc1C(N)=O. The van der Waals surface area contributed by atoms with E-state index in [2.05, 4.69) is 0 Å². The molecule has 0 saturated carbocycles. The Morgan fingerprint density at radius 1 is 1.29 bits per heavy atom. The quantitative estimate of drug-likeness (QED) is 0.874. The minimum atomic E-state index is -4.68. The number of alkyl halides is 3. The zero-order chi connectivity index (χ0) is 13.4. The van der Waals surface area contributed by atoms with E-state index in [0.717, 1.165) is 6.07 Å². The molecule has 0 aromatic heterocycles. The predicted molar refractivity (Wildman–Crippen MR) is 53.1 cm³/mol. The molecule has 0 atom stereocenters. The first-order valence-corrected chi connectivity index (χ1v) is 6.13. The smallest absolute Gasteiger partial charge is 0.366 e. The molecule has 0 radical (unpaired) electrons. The molecule has 0 aliphatic heterocycles. The lowest BCUT2D eigenvalue weighted by Crippen LogP contribution is -2.17. The second-order valence-electron chi connectivity index (χ2n) is 3.35. The molecule has 0 unspecified atom stereocenters. The Morgan fingerprint density at radius 2 is 1.82 bits per heavy atom. The summed E-state index contributed by atoms with van der Waals surface area (Å²) < 4.78 is 59.7. The number of rotatable bonds is 2. The van der Waals surface area contributed by atoms with E-state index in [9.17, 15) is 26.4 Å². The molecule has 0 aliphatic rings. The highest BCUT2D eigenvalue weighted by molar-refractivity contribution is 7.90. The van der Waals surface area contributed by atoms with Gasteiger partial charge in [0.1, 0.15) is 0 Å². The van der Waals surface area contributed by atoms with Crippen molar-refractivity contribution in [2.24, 2.45) is 5.73 Å². The summed E-state index contributed by atoms with van der Waals surface area (Å²) in [6.07, 6.45) is -3.98. The van der Waals surface area contributed by atoms with Gasteiger partial charge in [-0.1, -0.05) is 0 Å². The maximum absolute atomic E-state index is 12.4. The molecule has 4 nitrogen and oxygen atoms in total. The van der Waals surface area contributed by atoms with Gasteiger partial charge in [-0.05, 0) is 18.2 Å². The maximum Gasteiger partial charge on any atom is 0.416 e. The molecule has 0 bridgehead atoms. The van der Waals surface area contributed by atoms with Crippen LogP contribution < -0.4 is 5.73 Å². The van der Waals surface area contributed by atoms with E-state index in [1.54, 1.807) is 0 Å². The van der Waals surface area contributed by atoms with E-state index in [0.29, 0.717) is 18.4 Å². The van der Waals surface area contributed by atoms with Gasteiger partial charge in [0.2, 0.25) is 5.91 Å². The molecule has 0 aliphatic carbocycles. The maximum atomic E-state index is 12.4. The summed E-state index contributed by atoms with van der Waals surface area (Å²) in [6.45, 7) is 0. The molecule has 2 N–H and O–H groups in total. The predicted octanol–water partition coefficient (Wildman–Crippen LogP) is 1.21. The van der Waals surface area contributed by atoms with Crippen LogP contribution in [0.3, 0.4) is 0 Å². The summed E-state index contributed by atoms with van der Waals surface area (Å²) in [7, 11) is -3.96. The van der Waals surface area contributed by atoms with Crippen molar-refractivity contribution in [1.82, 2.24) is 0 Å². The highest BCUT2D eigenvalue weighted by Crippen LogP contribution is 2.31. The van der Waals surface area contributed by atoms with Gasteiger partial charge in [-0.15, -0.1) is 0 Å². The Hall–Kier alpha value is -1.57. The summed E-state index contributed by atoms with van der Waals surface area (Å²) in [6, 6.07) is 1.76. The second kappa shape index (κ2) is 4.02. The van der Waals surface area contributed by atoms with Crippen molar-refractivity contribution < 1.29 is 26.4 Å². The van der Waals surface area contributed by atoms with Crippen LogP contribution in [0.4, 0.5) is 13.2 Å². The largest absolute Gasteiger partial charge is 0.416 e. The van der Waals surface area contributed by atoms with Crippen LogP contribution in [0.25, 0.3) is 0 Å². The average Bonchev–Trinajstić information content (AvgIpc) is 2.14. The van der Waals surface area contributed by atoms with Crippen molar-refractivity contribution in [2.75, 3.05) is 6.26 Å². The first kappa shape index (κ1) is 13.5. The summed E-state index contributed by atoms with van der Waals surface area (Å²) >= 11 is 0. The van der Waals surface area contributed by atoms with E-state index < -0.39 is 37.9 Å². The van der Waals surface area contributed by atoms with Crippen molar-refractivity contribution in [2.45, 2.75) is 11.1 Å². The number of carbonyl (C=O) groups excluding carboxylic acids is 1. The fourth-order valence-corrected chi connectivity index (χ4v) is 2.12. The van der Waals surface area contributed by atoms with Gasteiger partial charge in [0.05, 0.1) is 16.0 Å². The summed E-state index contributed by atoms with van der Waals surface area (Å²) in [5.74, 6) is -1.10. The van der Waals surface area contributed by atoms with Crippen LogP contribution in [0.2, 0.25) is 0 Å². The molecule has 0 saturated heterocycles. The molecule has 1 amide bonds. The van der Waals surface area contributed by atoms with Crippen LogP contribution in [0, 0.1) is 0 Å². The monoisotopic (exact) mass is 267 g/mol. The Labute approximate surface area is 95.1 Å². The molecule has 1 aromatic carbocycles. The van der Waals surface area contributed by atoms with Crippen molar-refractivity contribution >= 4 is 15.7 Å². The van der Waals surface area contributed by atoms with E-state index in [4.69, 9.17) is 5.73 Å². The molecule has 17 heavy (non-hydrogen) atoms. The van der Waals surface area contributed by atoms with Crippen molar-refractivity contribution in [3.05, 3.63) is 29.3 Å². The molecule has 0 fully saturated rings. The summed E-state index contributed by atoms with van der Waals surface area (Å²) in [5, 5.41) is 0. The number of halogens is 3. The minimum Gasteiger partial charge on any atom is -0.366 e. The average molecular weight is 267 g/mol. The van der Waals surface area contributed by atoms with Crippen molar-refractivity contribution in [3.63, 3.8) is 0 Å². The number of carbonyl (C=O) groups is 1. The topological polar surface area (TPSA) is 77.2 Å². The van der Waals surface area contributed by atoms with Crippen LogP contribution in [0.5, 0.6) is 0 Å². The normalized spacial score (nSPS) is 12.5. The number of hydrogen-bond acceptors (Lipinski definition) is 3. The second-order valence-corrected chi connectivity index (χ2v) is 5.33. The van der Waals surface area contributed by atoms with Crippen LogP contribution in [-0.4, -0.2) is 20.6 Å². The number of sulfone groups is 1. The van der Waals surface area contributed by atoms with Crippen molar-refractivity contribution in [3.8, 4) is 0 Å². The third kappa shape index (κ3) is 2.96. The highest BCUT2D eigenvalue weighted by Gasteiger charge is 2.32. The fraction of sp³-hybridized carbons (Fsp3) is 0.222. The first-order chi connectivity index (χ1) is 7.53. The summed E-state index contributed by atoms with van der Waals surface area (Å²) in [4.78, 5) is 10.2. The number of nitrogens with two attached hydrogens (primary N) is 1. The molecule has 94 valence electrons. The third-order valence-electron chi connectivity index (χ3n) is 1.97. The molecule has 0 spiro atoms. The highest BCUT2D eigenvalue weighted by atomic mass is 32.2. The van der Waals surface area contributed by atoms with Crippen LogP contribution >= 0.6 is 0 Å². The lowest BCUT2D eigenvalue weighted by Gasteiger charge is -2.10. The minimum absolute atomic E-state index is 0.398. The van der Waals surface area contributed by atoms with Gasteiger partial charge in [0.25, 0.3) is 0 Å².